The lowest BCUT2D eigenvalue weighted by Crippen LogP contribution is -2.37. The Balaban J connectivity index is 2.04. The highest BCUT2D eigenvalue weighted by Crippen LogP contribution is 2.29. The maximum absolute atomic E-state index is 11.7. The Morgan fingerprint density at radius 1 is 1.36 bits per heavy atom. The van der Waals surface area contributed by atoms with Gasteiger partial charge in [-0.1, -0.05) is 0 Å². The number of thioether (sulfide) groups is 1. The van der Waals surface area contributed by atoms with Crippen molar-refractivity contribution in [3.63, 3.8) is 0 Å². The third-order valence-electron chi connectivity index (χ3n) is 2.25. The molecule has 0 saturated heterocycles. The third-order valence-corrected chi connectivity index (χ3v) is 2.99. The van der Waals surface area contributed by atoms with Crippen LogP contribution in [0.5, 0.6) is 0 Å². The number of nitrogens with one attached hydrogen (secondary N) is 1. The van der Waals surface area contributed by atoms with Crippen LogP contribution < -0.4 is 5.32 Å². The molecule has 2 N–H and O–H groups in total. The molecule has 1 aliphatic rings. The zero-order valence-corrected chi connectivity index (χ0v) is 8.50. The number of aliphatic hydroxyl groups excluding tert-OH is 1. The molecule has 0 heterocycles. The number of hydrogen-bond donors (Lipinski definition) is 2. The largest absolute Gasteiger partial charge is 0.441 e. The zero-order valence-electron chi connectivity index (χ0n) is 7.68. The lowest BCUT2D eigenvalue weighted by atomic mass is 10.2. The van der Waals surface area contributed by atoms with Crippen molar-refractivity contribution in [3.8, 4) is 0 Å². The molecule has 0 amide bonds. The number of halogens is 3. The summed E-state index contributed by atoms with van der Waals surface area (Å²) in [6.07, 6.45) is 2.18. The van der Waals surface area contributed by atoms with Crippen LogP contribution in [0, 0.1) is 0 Å². The number of alkyl halides is 3. The second-order valence-electron chi connectivity index (χ2n) is 3.35. The minimum Gasteiger partial charge on any atom is -0.392 e. The van der Waals surface area contributed by atoms with Crippen molar-refractivity contribution in [3.05, 3.63) is 0 Å². The molecule has 84 valence electrons. The third kappa shape index (κ3) is 4.52. The van der Waals surface area contributed by atoms with E-state index in [0.29, 0.717) is 6.54 Å². The van der Waals surface area contributed by atoms with E-state index in [1.54, 1.807) is 0 Å². The van der Waals surface area contributed by atoms with E-state index in [9.17, 15) is 18.3 Å². The average molecular weight is 229 g/mol. The molecule has 0 aromatic rings. The van der Waals surface area contributed by atoms with Gasteiger partial charge in [0.1, 0.15) is 0 Å². The molecule has 0 spiro atoms. The van der Waals surface area contributed by atoms with Crippen LogP contribution in [0.25, 0.3) is 0 Å². The van der Waals surface area contributed by atoms with Crippen molar-refractivity contribution >= 4 is 11.8 Å². The molecule has 1 fully saturated rings. The first kappa shape index (κ1) is 12.1. The fraction of sp³-hybridized carbons (Fsp3) is 1.00. The molecular formula is C8H14F3NOS. The minimum absolute atomic E-state index is 0.00667. The SMILES string of the molecule is OC1CCCC1NCCSC(F)(F)F. The van der Waals surface area contributed by atoms with Crippen molar-refractivity contribution in [1.29, 1.82) is 0 Å². The Labute approximate surface area is 85.3 Å². The van der Waals surface area contributed by atoms with E-state index < -0.39 is 5.51 Å². The van der Waals surface area contributed by atoms with E-state index in [-0.39, 0.29) is 29.7 Å². The van der Waals surface area contributed by atoms with E-state index in [1.807, 2.05) is 0 Å². The van der Waals surface area contributed by atoms with E-state index in [2.05, 4.69) is 5.32 Å². The molecule has 2 unspecified atom stereocenters. The maximum atomic E-state index is 11.7. The first-order chi connectivity index (χ1) is 6.49. The second-order valence-corrected chi connectivity index (χ2v) is 4.51. The molecular weight excluding hydrogens is 215 g/mol. The summed E-state index contributed by atoms with van der Waals surface area (Å²) in [5, 5.41) is 12.3. The van der Waals surface area contributed by atoms with Gasteiger partial charge in [-0.2, -0.15) is 13.2 Å². The van der Waals surface area contributed by atoms with Crippen LogP contribution in [0.2, 0.25) is 0 Å². The van der Waals surface area contributed by atoms with Crippen LogP contribution in [0.4, 0.5) is 13.2 Å². The minimum atomic E-state index is -4.14. The molecule has 2 atom stereocenters. The highest BCUT2D eigenvalue weighted by atomic mass is 32.2. The van der Waals surface area contributed by atoms with E-state index in [1.165, 1.54) is 0 Å². The van der Waals surface area contributed by atoms with Crippen molar-refractivity contribution in [2.75, 3.05) is 12.3 Å². The zero-order chi connectivity index (χ0) is 10.6. The molecule has 14 heavy (non-hydrogen) atoms. The van der Waals surface area contributed by atoms with Gasteiger partial charge in [0, 0.05) is 18.3 Å². The quantitative estimate of drug-likeness (QED) is 0.720. The summed E-state index contributed by atoms with van der Waals surface area (Å²) in [5.41, 5.74) is -4.14. The summed E-state index contributed by atoms with van der Waals surface area (Å²) in [5.74, 6) is 0.00667. The Bertz CT molecular complexity index is 176. The summed E-state index contributed by atoms with van der Waals surface area (Å²) in [6.45, 7) is 0.298. The molecule has 0 radical (unpaired) electrons. The summed E-state index contributed by atoms with van der Waals surface area (Å²) in [4.78, 5) is 0. The van der Waals surface area contributed by atoms with Gasteiger partial charge >= 0.3 is 5.51 Å². The average Bonchev–Trinajstić information content (AvgIpc) is 2.44. The summed E-state index contributed by atoms with van der Waals surface area (Å²) < 4.78 is 35.2. The highest BCUT2D eigenvalue weighted by molar-refractivity contribution is 8.00. The molecule has 6 heteroatoms. The van der Waals surface area contributed by atoms with Gasteiger partial charge in [-0.3, -0.25) is 0 Å². The summed E-state index contributed by atoms with van der Waals surface area (Å²) in [6, 6.07) is -0.0103. The van der Waals surface area contributed by atoms with Crippen molar-refractivity contribution in [2.45, 2.75) is 36.9 Å². The molecule has 0 aliphatic heterocycles. The van der Waals surface area contributed by atoms with Gasteiger partial charge in [-0.15, -0.1) is 0 Å². The van der Waals surface area contributed by atoms with Crippen LogP contribution in [0.3, 0.4) is 0 Å². The van der Waals surface area contributed by atoms with Crippen LogP contribution in [0.1, 0.15) is 19.3 Å². The first-order valence-corrected chi connectivity index (χ1v) is 5.60. The molecule has 0 bridgehead atoms. The van der Waals surface area contributed by atoms with Gasteiger partial charge in [-0.05, 0) is 31.0 Å². The van der Waals surface area contributed by atoms with Gasteiger partial charge in [0.2, 0.25) is 0 Å². The van der Waals surface area contributed by atoms with Gasteiger partial charge in [0.15, 0.2) is 0 Å². The predicted molar refractivity (Wildman–Crippen MR) is 50.2 cm³/mol. The van der Waals surface area contributed by atoms with Gasteiger partial charge in [-0.25, -0.2) is 0 Å². The lowest BCUT2D eigenvalue weighted by Gasteiger charge is -2.16. The second kappa shape index (κ2) is 5.23. The predicted octanol–water partition coefficient (Wildman–Crippen LogP) is 1.74. The molecule has 0 aromatic carbocycles. The number of rotatable bonds is 4. The normalized spacial score (nSPS) is 28.3. The van der Waals surface area contributed by atoms with Crippen molar-refractivity contribution in [1.82, 2.24) is 5.32 Å². The Morgan fingerprint density at radius 3 is 2.57 bits per heavy atom. The summed E-state index contributed by atoms with van der Waals surface area (Å²) >= 11 is -0.0260. The molecule has 0 aromatic heterocycles. The van der Waals surface area contributed by atoms with Crippen LogP contribution in [-0.2, 0) is 0 Å². The standard InChI is InChI=1S/C8H14F3NOS/c9-8(10,11)14-5-4-12-6-2-1-3-7(6)13/h6-7,12-13H,1-5H2. The fourth-order valence-corrected chi connectivity index (χ4v) is 2.04. The van der Waals surface area contributed by atoms with E-state index >= 15 is 0 Å². The number of hydrogen-bond acceptors (Lipinski definition) is 3. The molecule has 1 saturated carbocycles. The Hall–Kier alpha value is 0.0600. The highest BCUT2D eigenvalue weighted by Gasteiger charge is 2.28. The topological polar surface area (TPSA) is 32.3 Å². The maximum Gasteiger partial charge on any atom is 0.441 e. The van der Waals surface area contributed by atoms with Crippen LogP contribution in [0.15, 0.2) is 0 Å². The van der Waals surface area contributed by atoms with Crippen LogP contribution >= 0.6 is 11.8 Å². The Morgan fingerprint density at radius 2 is 2.07 bits per heavy atom. The smallest absolute Gasteiger partial charge is 0.392 e. The van der Waals surface area contributed by atoms with Gasteiger partial charge < -0.3 is 10.4 Å². The van der Waals surface area contributed by atoms with Crippen molar-refractivity contribution in [2.24, 2.45) is 0 Å². The van der Waals surface area contributed by atoms with Gasteiger partial charge in [0.05, 0.1) is 6.10 Å². The summed E-state index contributed by atoms with van der Waals surface area (Å²) in [7, 11) is 0. The van der Waals surface area contributed by atoms with E-state index in [4.69, 9.17) is 0 Å². The van der Waals surface area contributed by atoms with Gasteiger partial charge in [0.25, 0.3) is 0 Å². The van der Waals surface area contributed by atoms with Crippen LogP contribution in [-0.4, -0.2) is 35.1 Å². The van der Waals surface area contributed by atoms with Crippen molar-refractivity contribution < 1.29 is 18.3 Å². The monoisotopic (exact) mass is 229 g/mol. The molecule has 1 rings (SSSR count). The first-order valence-electron chi connectivity index (χ1n) is 4.61. The Kier molecular flexibility index (Phi) is 4.53. The van der Waals surface area contributed by atoms with E-state index in [0.717, 1.165) is 19.3 Å². The lowest BCUT2D eigenvalue weighted by molar-refractivity contribution is -0.0327. The number of aliphatic hydroxyl groups is 1. The molecule has 2 nitrogen and oxygen atoms in total. The fourth-order valence-electron chi connectivity index (χ4n) is 1.59. The molecule has 1 aliphatic carbocycles.